The van der Waals surface area contributed by atoms with Crippen molar-refractivity contribution in [2.45, 2.75) is 57.4 Å². The van der Waals surface area contributed by atoms with Crippen LogP contribution in [0.4, 0.5) is 0 Å². The summed E-state index contributed by atoms with van der Waals surface area (Å²) >= 11 is 0. The zero-order chi connectivity index (χ0) is 16.2. The molecule has 1 amide bonds. The first-order chi connectivity index (χ1) is 11.1. The number of carboxylic acid groups (broad SMARTS) is 1. The molecule has 1 aliphatic heterocycles. The van der Waals surface area contributed by atoms with Crippen molar-refractivity contribution in [3.8, 4) is 0 Å². The van der Waals surface area contributed by atoms with Gasteiger partial charge in [-0.2, -0.15) is 0 Å². The molecule has 0 spiro atoms. The van der Waals surface area contributed by atoms with E-state index in [1.54, 1.807) is 12.1 Å². The number of aromatic nitrogens is 1. The number of carbonyl (C=O) groups is 2. The summed E-state index contributed by atoms with van der Waals surface area (Å²) in [4.78, 5) is 25.7. The zero-order valence-electron chi connectivity index (χ0n) is 13.6. The Morgan fingerprint density at radius 1 is 1.09 bits per heavy atom. The van der Waals surface area contributed by atoms with Crippen LogP contribution in [0, 0.1) is 5.92 Å². The summed E-state index contributed by atoms with van der Waals surface area (Å²) in [6.07, 6.45) is 10.5. The second-order valence-electron chi connectivity index (χ2n) is 6.93. The van der Waals surface area contributed by atoms with Gasteiger partial charge in [0.15, 0.2) is 0 Å². The van der Waals surface area contributed by atoms with Crippen molar-refractivity contribution in [3.63, 3.8) is 0 Å². The number of nitrogens with zero attached hydrogens (tertiary/aromatic N) is 2. The Kier molecular flexibility index (Phi) is 5.03. The molecule has 0 atom stereocenters. The zero-order valence-corrected chi connectivity index (χ0v) is 13.6. The summed E-state index contributed by atoms with van der Waals surface area (Å²) in [7, 11) is 0. The minimum atomic E-state index is -0.884. The minimum Gasteiger partial charge on any atom is -0.477 e. The SMILES string of the molecule is O=C(O)c1cccn1C1CCN(C(=O)CC2CCCCC2)CC1. The van der Waals surface area contributed by atoms with Crippen molar-refractivity contribution in [2.24, 2.45) is 5.92 Å². The lowest BCUT2D eigenvalue weighted by Crippen LogP contribution is -2.40. The number of hydrogen-bond donors (Lipinski definition) is 1. The second kappa shape index (κ2) is 7.20. The van der Waals surface area contributed by atoms with Crippen molar-refractivity contribution >= 4 is 11.9 Å². The number of likely N-dealkylation sites (tertiary alicyclic amines) is 1. The van der Waals surface area contributed by atoms with Crippen LogP contribution in [0.25, 0.3) is 0 Å². The van der Waals surface area contributed by atoms with Crippen LogP contribution < -0.4 is 0 Å². The molecule has 2 fully saturated rings. The van der Waals surface area contributed by atoms with E-state index < -0.39 is 5.97 Å². The number of amides is 1. The summed E-state index contributed by atoms with van der Waals surface area (Å²) in [6.45, 7) is 1.49. The average Bonchev–Trinajstić information content (AvgIpc) is 3.06. The van der Waals surface area contributed by atoms with E-state index >= 15 is 0 Å². The molecule has 0 unspecified atom stereocenters. The van der Waals surface area contributed by atoms with Gasteiger partial charge in [0.2, 0.25) is 5.91 Å². The van der Waals surface area contributed by atoms with Gasteiger partial charge >= 0.3 is 5.97 Å². The molecule has 5 heteroatoms. The van der Waals surface area contributed by atoms with Crippen molar-refractivity contribution in [3.05, 3.63) is 24.0 Å². The summed E-state index contributed by atoms with van der Waals surface area (Å²) in [5.41, 5.74) is 0.344. The Morgan fingerprint density at radius 2 is 1.78 bits per heavy atom. The van der Waals surface area contributed by atoms with Crippen LogP contribution >= 0.6 is 0 Å². The van der Waals surface area contributed by atoms with Gasteiger partial charge in [0.05, 0.1) is 0 Å². The lowest BCUT2D eigenvalue weighted by atomic mass is 9.86. The molecule has 1 N–H and O–H groups in total. The third kappa shape index (κ3) is 3.77. The highest BCUT2D eigenvalue weighted by Crippen LogP contribution is 2.29. The largest absolute Gasteiger partial charge is 0.477 e. The molecule has 1 aromatic heterocycles. The smallest absolute Gasteiger partial charge is 0.352 e. The first-order valence-corrected chi connectivity index (χ1v) is 8.83. The van der Waals surface area contributed by atoms with Gasteiger partial charge in [-0.3, -0.25) is 4.79 Å². The molecule has 126 valence electrons. The quantitative estimate of drug-likeness (QED) is 0.926. The van der Waals surface area contributed by atoms with E-state index in [4.69, 9.17) is 0 Å². The van der Waals surface area contributed by atoms with E-state index in [-0.39, 0.29) is 6.04 Å². The second-order valence-corrected chi connectivity index (χ2v) is 6.93. The monoisotopic (exact) mass is 318 g/mol. The molecule has 3 rings (SSSR count). The number of carbonyl (C=O) groups excluding carboxylic acids is 1. The summed E-state index contributed by atoms with van der Waals surface area (Å²) in [5.74, 6) is -0.0100. The average molecular weight is 318 g/mol. The first kappa shape index (κ1) is 16.1. The molecule has 1 saturated heterocycles. The Bertz CT molecular complexity index is 552. The fraction of sp³-hybridized carbons (Fsp3) is 0.667. The van der Waals surface area contributed by atoms with Crippen molar-refractivity contribution in [1.29, 1.82) is 0 Å². The standard InChI is InChI=1S/C18H26N2O3/c21-17(13-14-5-2-1-3-6-14)19-11-8-15(9-12-19)20-10-4-7-16(20)18(22)23/h4,7,10,14-15H,1-3,5-6,8-9,11-13H2,(H,22,23). The number of piperidine rings is 1. The topological polar surface area (TPSA) is 62.5 Å². The van der Waals surface area contributed by atoms with E-state index in [0.29, 0.717) is 23.9 Å². The van der Waals surface area contributed by atoms with E-state index in [0.717, 1.165) is 25.9 Å². The van der Waals surface area contributed by atoms with Crippen molar-refractivity contribution < 1.29 is 14.7 Å². The number of rotatable bonds is 4. The van der Waals surface area contributed by atoms with Crippen LogP contribution in [-0.2, 0) is 4.79 Å². The van der Waals surface area contributed by atoms with Crippen LogP contribution in [0.15, 0.2) is 18.3 Å². The third-order valence-electron chi connectivity index (χ3n) is 5.40. The van der Waals surface area contributed by atoms with Gasteiger partial charge in [0.1, 0.15) is 5.69 Å². The lowest BCUT2D eigenvalue weighted by Gasteiger charge is -2.34. The fourth-order valence-electron chi connectivity index (χ4n) is 4.05. The van der Waals surface area contributed by atoms with Crippen LogP contribution in [0.2, 0.25) is 0 Å². The van der Waals surface area contributed by atoms with Crippen molar-refractivity contribution in [1.82, 2.24) is 9.47 Å². The highest BCUT2D eigenvalue weighted by molar-refractivity contribution is 5.85. The van der Waals surface area contributed by atoms with Crippen LogP contribution in [0.3, 0.4) is 0 Å². The normalized spacial score (nSPS) is 20.6. The fourth-order valence-corrected chi connectivity index (χ4v) is 4.05. The van der Waals surface area contributed by atoms with E-state index in [1.807, 2.05) is 15.7 Å². The van der Waals surface area contributed by atoms with Crippen LogP contribution in [0.5, 0.6) is 0 Å². The Labute approximate surface area is 137 Å². The van der Waals surface area contributed by atoms with Gasteiger partial charge in [-0.25, -0.2) is 4.79 Å². The molecule has 1 aliphatic carbocycles. The number of carboxylic acids is 1. The Hall–Kier alpha value is -1.78. The maximum absolute atomic E-state index is 12.5. The molecule has 2 aliphatic rings. The number of aromatic carboxylic acids is 1. The van der Waals surface area contributed by atoms with Crippen LogP contribution in [-0.4, -0.2) is 39.5 Å². The van der Waals surface area contributed by atoms with E-state index in [9.17, 15) is 14.7 Å². The molecule has 2 heterocycles. The molecule has 0 aromatic carbocycles. The molecule has 1 saturated carbocycles. The van der Waals surface area contributed by atoms with Gasteiger partial charge in [0.25, 0.3) is 0 Å². The molecule has 23 heavy (non-hydrogen) atoms. The van der Waals surface area contributed by atoms with Crippen LogP contribution in [0.1, 0.15) is 67.9 Å². The van der Waals surface area contributed by atoms with Crippen molar-refractivity contribution in [2.75, 3.05) is 13.1 Å². The Balaban J connectivity index is 1.52. The minimum absolute atomic E-state index is 0.190. The predicted octanol–water partition coefficient (Wildman–Crippen LogP) is 3.32. The van der Waals surface area contributed by atoms with E-state index in [2.05, 4.69) is 0 Å². The van der Waals surface area contributed by atoms with Gasteiger partial charge < -0.3 is 14.6 Å². The Morgan fingerprint density at radius 3 is 2.43 bits per heavy atom. The first-order valence-electron chi connectivity index (χ1n) is 8.83. The summed E-state index contributed by atoms with van der Waals surface area (Å²) < 4.78 is 1.85. The molecular weight excluding hydrogens is 292 g/mol. The third-order valence-corrected chi connectivity index (χ3v) is 5.40. The number of hydrogen-bond acceptors (Lipinski definition) is 2. The molecular formula is C18H26N2O3. The summed E-state index contributed by atoms with van der Waals surface area (Å²) in [6, 6.07) is 3.61. The summed E-state index contributed by atoms with van der Waals surface area (Å²) in [5, 5.41) is 9.22. The van der Waals surface area contributed by atoms with E-state index in [1.165, 1.54) is 32.1 Å². The maximum Gasteiger partial charge on any atom is 0.352 e. The van der Waals surface area contributed by atoms with Gasteiger partial charge in [0, 0.05) is 31.7 Å². The lowest BCUT2D eigenvalue weighted by molar-refractivity contribution is -0.133. The molecule has 0 radical (unpaired) electrons. The van der Waals surface area contributed by atoms with Gasteiger partial charge in [-0.15, -0.1) is 0 Å². The van der Waals surface area contributed by atoms with Gasteiger partial charge in [-0.1, -0.05) is 19.3 Å². The maximum atomic E-state index is 12.5. The highest BCUT2D eigenvalue weighted by atomic mass is 16.4. The predicted molar refractivity (Wildman–Crippen MR) is 87.4 cm³/mol. The van der Waals surface area contributed by atoms with Gasteiger partial charge in [-0.05, 0) is 43.7 Å². The molecule has 5 nitrogen and oxygen atoms in total. The highest BCUT2D eigenvalue weighted by Gasteiger charge is 2.27. The molecule has 1 aromatic rings. The molecule has 0 bridgehead atoms.